The number of anilines is 1. The molecule has 90 valence electrons. The van der Waals surface area contributed by atoms with Gasteiger partial charge in [-0.05, 0) is 18.6 Å². The summed E-state index contributed by atoms with van der Waals surface area (Å²) in [6.45, 7) is 2.71. The fourth-order valence-electron chi connectivity index (χ4n) is 1.50. The minimum atomic E-state index is -0.0141. The number of pyridine rings is 1. The average Bonchev–Trinajstić information content (AvgIpc) is 2.79. The van der Waals surface area contributed by atoms with E-state index in [4.69, 9.17) is 0 Å². The summed E-state index contributed by atoms with van der Waals surface area (Å²) in [5.41, 5.74) is 0.600. The molecule has 0 amide bonds. The van der Waals surface area contributed by atoms with Crippen molar-refractivity contribution in [3.8, 4) is 0 Å². The first-order valence-corrected chi connectivity index (χ1v) is 6.35. The molecule has 0 unspecified atom stereocenters. The largest absolute Gasteiger partial charge is 0.374 e. The van der Waals surface area contributed by atoms with Gasteiger partial charge >= 0.3 is 0 Å². The van der Waals surface area contributed by atoms with E-state index < -0.39 is 0 Å². The molecule has 2 rings (SSSR count). The van der Waals surface area contributed by atoms with Gasteiger partial charge in [-0.2, -0.15) is 0 Å². The molecule has 0 spiro atoms. The molecule has 0 aliphatic heterocycles. The number of rotatable bonds is 4. The molecule has 0 atom stereocenters. The number of aromatic nitrogens is 2. The van der Waals surface area contributed by atoms with Crippen molar-refractivity contribution in [2.24, 2.45) is 7.05 Å². The van der Waals surface area contributed by atoms with Gasteiger partial charge in [-0.15, -0.1) is 11.3 Å². The fraction of sp³-hybridized carbons (Fsp3) is 0.333. The second kappa shape index (κ2) is 5.14. The summed E-state index contributed by atoms with van der Waals surface area (Å²) in [5, 5.41) is 4.13. The normalized spacial score (nSPS) is 10.5. The third-order valence-electron chi connectivity index (χ3n) is 2.50. The van der Waals surface area contributed by atoms with Gasteiger partial charge in [0, 0.05) is 24.3 Å². The number of hydrogen-bond donors (Lipinski definition) is 1. The van der Waals surface area contributed by atoms with Crippen LogP contribution in [0.25, 0.3) is 0 Å². The molecule has 4 nitrogen and oxygen atoms in total. The number of nitrogens with zero attached hydrogens (tertiary/aromatic N) is 2. The van der Waals surface area contributed by atoms with Crippen LogP contribution in [-0.2, 0) is 20.0 Å². The quantitative estimate of drug-likeness (QED) is 0.901. The third kappa shape index (κ3) is 2.74. The molecule has 0 saturated heterocycles. The van der Waals surface area contributed by atoms with Crippen molar-refractivity contribution >= 4 is 17.0 Å². The summed E-state index contributed by atoms with van der Waals surface area (Å²) in [5.74, 6) is 0. The molecule has 0 aliphatic rings. The van der Waals surface area contributed by atoms with Crippen LogP contribution in [-0.4, -0.2) is 9.55 Å². The molecular formula is C12H15N3OS. The van der Waals surface area contributed by atoms with Crippen molar-refractivity contribution in [2.75, 3.05) is 5.32 Å². The zero-order valence-corrected chi connectivity index (χ0v) is 10.8. The average molecular weight is 249 g/mol. The van der Waals surface area contributed by atoms with Crippen molar-refractivity contribution in [1.82, 2.24) is 9.55 Å². The zero-order valence-electron chi connectivity index (χ0n) is 9.93. The number of thiazole rings is 1. The standard InChI is InChI=1S/C12H15N3OS/c1-3-9-7-14-11(17-9)8-13-10-5-4-6-15(2)12(10)16/h4-7,13H,3,8H2,1-2H3. The minimum Gasteiger partial charge on any atom is -0.374 e. The van der Waals surface area contributed by atoms with Crippen LogP contribution < -0.4 is 10.9 Å². The number of nitrogens with one attached hydrogen (secondary N) is 1. The van der Waals surface area contributed by atoms with Crippen LogP contribution >= 0.6 is 11.3 Å². The van der Waals surface area contributed by atoms with E-state index in [1.807, 2.05) is 12.3 Å². The Morgan fingerprint density at radius 2 is 2.35 bits per heavy atom. The first-order valence-electron chi connectivity index (χ1n) is 5.53. The summed E-state index contributed by atoms with van der Waals surface area (Å²) < 4.78 is 1.56. The molecule has 17 heavy (non-hydrogen) atoms. The highest BCUT2D eigenvalue weighted by Crippen LogP contribution is 2.14. The number of hydrogen-bond acceptors (Lipinski definition) is 4. The van der Waals surface area contributed by atoms with E-state index in [-0.39, 0.29) is 5.56 Å². The highest BCUT2D eigenvalue weighted by molar-refractivity contribution is 7.11. The number of aryl methyl sites for hydroxylation is 2. The SMILES string of the molecule is CCc1cnc(CNc2cccn(C)c2=O)s1. The van der Waals surface area contributed by atoms with E-state index in [9.17, 15) is 4.79 Å². The second-order valence-corrected chi connectivity index (χ2v) is 4.97. The van der Waals surface area contributed by atoms with Gasteiger partial charge in [0.25, 0.3) is 5.56 Å². The molecule has 0 aromatic carbocycles. The Morgan fingerprint density at radius 1 is 1.53 bits per heavy atom. The summed E-state index contributed by atoms with van der Waals surface area (Å²) in [4.78, 5) is 17.3. The van der Waals surface area contributed by atoms with E-state index in [0.717, 1.165) is 11.4 Å². The maximum Gasteiger partial charge on any atom is 0.273 e. The minimum absolute atomic E-state index is 0.0141. The summed E-state index contributed by atoms with van der Waals surface area (Å²) in [7, 11) is 1.74. The molecule has 2 aromatic heterocycles. The molecule has 2 heterocycles. The van der Waals surface area contributed by atoms with E-state index >= 15 is 0 Å². The van der Waals surface area contributed by atoms with Crippen LogP contribution in [0.2, 0.25) is 0 Å². The molecule has 1 N–H and O–H groups in total. The molecule has 0 fully saturated rings. The molecule has 2 aromatic rings. The molecule has 0 bridgehead atoms. The molecule has 0 saturated carbocycles. The van der Waals surface area contributed by atoms with Crippen LogP contribution in [0, 0.1) is 0 Å². The Labute approximate surface area is 104 Å². The maximum atomic E-state index is 11.7. The Kier molecular flexibility index (Phi) is 3.58. The molecule has 0 aliphatic carbocycles. The van der Waals surface area contributed by atoms with Crippen LogP contribution in [0.5, 0.6) is 0 Å². The van der Waals surface area contributed by atoms with Gasteiger partial charge in [-0.1, -0.05) is 6.92 Å². The lowest BCUT2D eigenvalue weighted by Gasteiger charge is -2.04. The van der Waals surface area contributed by atoms with Crippen molar-refractivity contribution in [3.05, 3.63) is 44.8 Å². The smallest absolute Gasteiger partial charge is 0.273 e. The Balaban J connectivity index is 2.07. The highest BCUT2D eigenvalue weighted by atomic mass is 32.1. The molecule has 0 radical (unpaired) electrons. The van der Waals surface area contributed by atoms with Gasteiger partial charge in [-0.3, -0.25) is 4.79 Å². The topological polar surface area (TPSA) is 46.9 Å². The lowest BCUT2D eigenvalue weighted by molar-refractivity contribution is 0.858. The van der Waals surface area contributed by atoms with E-state index in [1.165, 1.54) is 4.88 Å². The van der Waals surface area contributed by atoms with Gasteiger partial charge < -0.3 is 9.88 Å². The highest BCUT2D eigenvalue weighted by Gasteiger charge is 2.03. The van der Waals surface area contributed by atoms with Crippen molar-refractivity contribution < 1.29 is 0 Å². The summed E-state index contributed by atoms with van der Waals surface area (Å²) in [6, 6.07) is 3.64. The monoisotopic (exact) mass is 249 g/mol. The van der Waals surface area contributed by atoms with Crippen molar-refractivity contribution in [1.29, 1.82) is 0 Å². The van der Waals surface area contributed by atoms with Crippen LogP contribution in [0.3, 0.4) is 0 Å². The maximum absolute atomic E-state index is 11.7. The fourth-order valence-corrected chi connectivity index (χ4v) is 2.30. The van der Waals surface area contributed by atoms with Gasteiger partial charge in [0.2, 0.25) is 0 Å². The van der Waals surface area contributed by atoms with Crippen molar-refractivity contribution in [2.45, 2.75) is 19.9 Å². The molecule has 5 heteroatoms. The third-order valence-corrected chi connectivity index (χ3v) is 3.64. The van der Waals surface area contributed by atoms with Crippen molar-refractivity contribution in [3.63, 3.8) is 0 Å². The van der Waals surface area contributed by atoms with Crippen LogP contribution in [0.1, 0.15) is 16.8 Å². The first-order chi connectivity index (χ1) is 8.20. The first kappa shape index (κ1) is 11.9. The second-order valence-electron chi connectivity index (χ2n) is 3.77. The van der Waals surface area contributed by atoms with Gasteiger partial charge in [0.05, 0.1) is 6.54 Å². The van der Waals surface area contributed by atoms with Gasteiger partial charge in [0.1, 0.15) is 10.7 Å². The Hall–Kier alpha value is -1.62. The summed E-state index contributed by atoms with van der Waals surface area (Å²) in [6.07, 6.45) is 4.64. The Bertz CT molecular complexity index is 559. The lowest BCUT2D eigenvalue weighted by atomic mass is 10.4. The predicted molar refractivity (Wildman–Crippen MR) is 70.5 cm³/mol. The van der Waals surface area contributed by atoms with E-state index in [0.29, 0.717) is 12.2 Å². The molecular weight excluding hydrogens is 234 g/mol. The van der Waals surface area contributed by atoms with Crippen LogP contribution in [0.4, 0.5) is 5.69 Å². The van der Waals surface area contributed by atoms with Gasteiger partial charge in [0.15, 0.2) is 0 Å². The van der Waals surface area contributed by atoms with E-state index in [1.54, 1.807) is 35.2 Å². The van der Waals surface area contributed by atoms with E-state index in [2.05, 4.69) is 17.2 Å². The zero-order chi connectivity index (χ0) is 12.3. The van der Waals surface area contributed by atoms with Crippen LogP contribution in [0.15, 0.2) is 29.3 Å². The van der Waals surface area contributed by atoms with Gasteiger partial charge in [-0.25, -0.2) is 4.98 Å². The summed E-state index contributed by atoms with van der Waals surface area (Å²) >= 11 is 1.68. The Morgan fingerprint density at radius 3 is 3.06 bits per heavy atom. The predicted octanol–water partition coefficient (Wildman–Crippen LogP) is 2.02. The lowest BCUT2D eigenvalue weighted by Crippen LogP contribution is -2.19.